The van der Waals surface area contributed by atoms with Crippen molar-refractivity contribution in [2.75, 3.05) is 0 Å². The smallest absolute Gasteiger partial charge is 0.387 e. The summed E-state index contributed by atoms with van der Waals surface area (Å²) in [6, 6.07) is 9.96. The van der Waals surface area contributed by atoms with Crippen molar-refractivity contribution >= 4 is 17.2 Å². The van der Waals surface area contributed by atoms with E-state index in [2.05, 4.69) is 20.2 Å². The number of benzene rings is 1. The van der Waals surface area contributed by atoms with Crippen molar-refractivity contribution in [3.05, 3.63) is 53.2 Å². The fourth-order valence-corrected chi connectivity index (χ4v) is 2.85. The van der Waals surface area contributed by atoms with Crippen molar-refractivity contribution in [1.29, 1.82) is 0 Å². The van der Waals surface area contributed by atoms with E-state index in [1.165, 1.54) is 23.5 Å². The zero-order chi connectivity index (χ0) is 18.4. The molecule has 2 aromatic heterocycles. The largest absolute Gasteiger partial charge is 0.435 e. The van der Waals surface area contributed by atoms with Gasteiger partial charge in [-0.3, -0.25) is 4.79 Å². The number of carbonyl (C=O) groups is 1. The molecular weight excluding hydrogens is 364 g/mol. The number of hydrogen-bond donors (Lipinski definition) is 1. The first-order chi connectivity index (χ1) is 12.6. The Morgan fingerprint density at radius 1 is 1.31 bits per heavy atom. The molecule has 0 aliphatic carbocycles. The van der Waals surface area contributed by atoms with Gasteiger partial charge in [-0.25, -0.2) is 0 Å². The second kappa shape index (κ2) is 8.52. The molecule has 2 heterocycles. The fourth-order valence-electron chi connectivity index (χ4n) is 2.20. The highest BCUT2D eigenvalue weighted by atomic mass is 32.1. The maximum atomic E-state index is 12.2. The molecule has 3 aromatic rings. The van der Waals surface area contributed by atoms with Crippen molar-refractivity contribution in [3.63, 3.8) is 0 Å². The van der Waals surface area contributed by atoms with Gasteiger partial charge in [0, 0.05) is 19.4 Å². The number of rotatable bonds is 8. The summed E-state index contributed by atoms with van der Waals surface area (Å²) in [4.78, 5) is 17.1. The van der Waals surface area contributed by atoms with Gasteiger partial charge in [-0.15, -0.1) is 11.3 Å². The maximum Gasteiger partial charge on any atom is 0.387 e. The first-order valence-corrected chi connectivity index (χ1v) is 8.65. The van der Waals surface area contributed by atoms with E-state index in [-0.39, 0.29) is 24.6 Å². The van der Waals surface area contributed by atoms with Crippen LogP contribution in [0.2, 0.25) is 0 Å². The number of nitrogens with zero attached hydrogens (tertiary/aromatic N) is 2. The Morgan fingerprint density at radius 3 is 2.96 bits per heavy atom. The maximum absolute atomic E-state index is 12.2. The van der Waals surface area contributed by atoms with Crippen LogP contribution in [0.3, 0.4) is 0 Å². The normalized spacial score (nSPS) is 10.9. The molecule has 0 unspecified atom stereocenters. The van der Waals surface area contributed by atoms with Crippen LogP contribution in [0.25, 0.3) is 10.7 Å². The van der Waals surface area contributed by atoms with Crippen LogP contribution in [0.15, 0.2) is 46.3 Å². The lowest BCUT2D eigenvalue weighted by molar-refractivity contribution is -0.121. The van der Waals surface area contributed by atoms with Gasteiger partial charge >= 0.3 is 6.61 Å². The molecule has 0 saturated heterocycles. The van der Waals surface area contributed by atoms with Crippen LogP contribution >= 0.6 is 11.3 Å². The molecule has 1 amide bonds. The average Bonchev–Trinajstić information content (AvgIpc) is 3.29. The number of aromatic nitrogens is 2. The summed E-state index contributed by atoms with van der Waals surface area (Å²) < 4.78 is 33.9. The Morgan fingerprint density at radius 2 is 2.19 bits per heavy atom. The van der Waals surface area contributed by atoms with Gasteiger partial charge in [0.2, 0.25) is 17.6 Å². The third-order valence-electron chi connectivity index (χ3n) is 3.39. The SMILES string of the molecule is O=C(CCc1nc(-c2cccs2)no1)NCc1cccc(OC(F)F)c1. The summed E-state index contributed by atoms with van der Waals surface area (Å²) >= 11 is 1.50. The van der Waals surface area contributed by atoms with E-state index in [1.807, 2.05) is 17.5 Å². The molecule has 0 radical (unpaired) electrons. The standard InChI is InChI=1S/C17H15F2N3O3S/c18-17(19)24-12-4-1-3-11(9-12)10-20-14(23)6-7-15-21-16(22-25-15)13-5-2-8-26-13/h1-5,8-9,17H,6-7,10H2,(H,20,23). The molecule has 0 bridgehead atoms. The van der Waals surface area contributed by atoms with E-state index >= 15 is 0 Å². The molecule has 6 nitrogen and oxygen atoms in total. The molecule has 136 valence electrons. The molecule has 26 heavy (non-hydrogen) atoms. The number of amides is 1. The molecule has 0 aliphatic rings. The zero-order valence-electron chi connectivity index (χ0n) is 13.5. The van der Waals surface area contributed by atoms with Gasteiger partial charge in [0.25, 0.3) is 0 Å². The Bertz CT molecular complexity index is 853. The highest BCUT2D eigenvalue weighted by Gasteiger charge is 2.11. The molecule has 0 fully saturated rings. The topological polar surface area (TPSA) is 77.2 Å². The van der Waals surface area contributed by atoms with Crippen LogP contribution in [0.5, 0.6) is 5.75 Å². The third kappa shape index (κ3) is 5.09. The van der Waals surface area contributed by atoms with Crippen LogP contribution in [0.4, 0.5) is 8.78 Å². The van der Waals surface area contributed by atoms with Crippen molar-refractivity contribution in [3.8, 4) is 16.5 Å². The van der Waals surface area contributed by atoms with E-state index in [4.69, 9.17) is 4.52 Å². The molecule has 3 rings (SSSR count). The molecule has 0 saturated carbocycles. The van der Waals surface area contributed by atoms with Gasteiger partial charge < -0.3 is 14.6 Å². The van der Waals surface area contributed by atoms with Crippen LogP contribution < -0.4 is 10.1 Å². The summed E-state index contributed by atoms with van der Waals surface area (Å²) in [6.45, 7) is -2.67. The monoisotopic (exact) mass is 379 g/mol. The van der Waals surface area contributed by atoms with E-state index < -0.39 is 6.61 Å². The molecule has 1 aromatic carbocycles. The predicted molar refractivity (Wildman–Crippen MR) is 90.9 cm³/mol. The lowest BCUT2D eigenvalue weighted by Gasteiger charge is -2.08. The average molecular weight is 379 g/mol. The van der Waals surface area contributed by atoms with Crippen molar-refractivity contribution < 1.29 is 22.8 Å². The molecule has 9 heteroatoms. The van der Waals surface area contributed by atoms with Crippen molar-refractivity contribution in [2.24, 2.45) is 0 Å². The van der Waals surface area contributed by atoms with Gasteiger partial charge in [0.15, 0.2) is 0 Å². The number of carbonyl (C=O) groups excluding carboxylic acids is 1. The van der Waals surface area contributed by atoms with Crippen LogP contribution in [0, 0.1) is 0 Å². The molecule has 0 atom stereocenters. The minimum Gasteiger partial charge on any atom is -0.435 e. The quantitative estimate of drug-likeness (QED) is 0.646. The number of alkyl halides is 2. The van der Waals surface area contributed by atoms with Gasteiger partial charge in [-0.05, 0) is 29.1 Å². The summed E-state index contributed by atoms with van der Waals surface area (Å²) in [5, 5.41) is 8.51. The number of thiophene rings is 1. The number of nitrogens with one attached hydrogen (secondary N) is 1. The predicted octanol–water partition coefficient (Wildman–Crippen LogP) is 3.65. The van der Waals surface area contributed by atoms with E-state index in [0.717, 1.165) is 4.88 Å². The first kappa shape index (κ1) is 18.0. The van der Waals surface area contributed by atoms with Gasteiger partial charge in [0.05, 0.1) is 4.88 Å². The second-order valence-corrected chi connectivity index (χ2v) is 6.24. The summed E-state index contributed by atoms with van der Waals surface area (Å²) in [5.41, 5.74) is 0.661. The molecule has 0 aliphatic heterocycles. The lowest BCUT2D eigenvalue weighted by Crippen LogP contribution is -2.23. The number of hydrogen-bond acceptors (Lipinski definition) is 6. The number of halogens is 2. The van der Waals surface area contributed by atoms with Gasteiger partial charge in [0.1, 0.15) is 5.75 Å². The number of aryl methyl sites for hydroxylation is 1. The van der Waals surface area contributed by atoms with Gasteiger partial charge in [-0.1, -0.05) is 23.4 Å². The van der Waals surface area contributed by atoms with Crippen molar-refractivity contribution in [2.45, 2.75) is 26.0 Å². The van der Waals surface area contributed by atoms with Gasteiger partial charge in [-0.2, -0.15) is 13.8 Å². The fraction of sp³-hybridized carbons (Fsp3) is 0.235. The zero-order valence-corrected chi connectivity index (χ0v) is 14.3. The van der Waals surface area contributed by atoms with Crippen molar-refractivity contribution in [1.82, 2.24) is 15.5 Å². The molecule has 0 spiro atoms. The summed E-state index contributed by atoms with van der Waals surface area (Å²) in [7, 11) is 0. The molecular formula is C17H15F2N3O3S. The van der Waals surface area contributed by atoms with Crippen LogP contribution in [-0.4, -0.2) is 22.7 Å². The van der Waals surface area contributed by atoms with E-state index in [0.29, 0.717) is 23.7 Å². The Labute approximate surface area is 151 Å². The van der Waals surface area contributed by atoms with E-state index in [1.54, 1.807) is 12.1 Å². The molecule has 1 N–H and O–H groups in total. The second-order valence-electron chi connectivity index (χ2n) is 5.29. The van der Waals surface area contributed by atoms with E-state index in [9.17, 15) is 13.6 Å². The highest BCUT2D eigenvalue weighted by molar-refractivity contribution is 7.13. The summed E-state index contributed by atoms with van der Waals surface area (Å²) in [6.07, 6.45) is 0.498. The highest BCUT2D eigenvalue weighted by Crippen LogP contribution is 2.21. The first-order valence-electron chi connectivity index (χ1n) is 7.77. The minimum absolute atomic E-state index is 0.0544. The Hall–Kier alpha value is -2.81. The Balaban J connectivity index is 1.46. The number of ether oxygens (including phenoxy) is 1. The Kier molecular flexibility index (Phi) is 5.90. The minimum atomic E-state index is -2.88. The van der Waals surface area contributed by atoms with Crippen LogP contribution in [-0.2, 0) is 17.8 Å². The summed E-state index contributed by atoms with van der Waals surface area (Å²) in [5.74, 6) is 0.738. The van der Waals surface area contributed by atoms with Crippen LogP contribution in [0.1, 0.15) is 17.9 Å². The lowest BCUT2D eigenvalue weighted by atomic mass is 10.2. The third-order valence-corrected chi connectivity index (χ3v) is 4.25.